The number of benzene rings is 1. The molecule has 4 rings (SSSR count). The Morgan fingerprint density at radius 3 is 2.65 bits per heavy atom. The molecule has 1 aliphatic heterocycles. The average Bonchev–Trinajstić information content (AvgIpc) is 3.24. The van der Waals surface area contributed by atoms with E-state index in [0.717, 1.165) is 30.5 Å². The molecule has 1 saturated carbocycles. The van der Waals surface area contributed by atoms with Gasteiger partial charge in [-0.3, -0.25) is 0 Å². The Labute approximate surface area is 122 Å². The van der Waals surface area contributed by atoms with Crippen LogP contribution in [0, 0.1) is 0 Å². The van der Waals surface area contributed by atoms with Crippen LogP contribution >= 0.6 is 11.3 Å². The van der Waals surface area contributed by atoms with Crippen molar-refractivity contribution in [3.05, 3.63) is 22.6 Å². The molecule has 1 aromatic carbocycles. The van der Waals surface area contributed by atoms with Gasteiger partial charge < -0.3 is 14.8 Å². The zero-order valence-electron chi connectivity index (χ0n) is 11.7. The number of hydrogen-bond acceptors (Lipinski definition) is 4. The molecule has 0 spiro atoms. The van der Waals surface area contributed by atoms with Crippen molar-refractivity contribution < 1.29 is 9.47 Å². The summed E-state index contributed by atoms with van der Waals surface area (Å²) in [6.45, 7) is 5.47. The summed E-state index contributed by atoms with van der Waals surface area (Å²) in [4.78, 5) is 1.49. The highest BCUT2D eigenvalue weighted by atomic mass is 32.1. The van der Waals surface area contributed by atoms with Gasteiger partial charge in [0.05, 0.1) is 0 Å². The van der Waals surface area contributed by atoms with E-state index in [-0.39, 0.29) is 0 Å². The highest BCUT2D eigenvalue weighted by molar-refractivity contribution is 7.19. The van der Waals surface area contributed by atoms with Gasteiger partial charge in [0.2, 0.25) is 0 Å². The number of hydrogen-bond donors (Lipinski definition) is 1. The third-order valence-corrected chi connectivity index (χ3v) is 5.16. The molecule has 2 heterocycles. The standard InChI is InChI=1S/C16H19NO2S/c1-2-17-9-15-16(10-3-4-10)11-7-12-13(8-14(11)20-15)19-6-5-18-12/h7-8,10,17H,2-6,9H2,1H3. The molecule has 1 aliphatic carbocycles. The van der Waals surface area contributed by atoms with Crippen LogP contribution in [0.3, 0.4) is 0 Å². The van der Waals surface area contributed by atoms with Gasteiger partial charge in [-0.05, 0) is 36.9 Å². The molecule has 1 fully saturated rings. The van der Waals surface area contributed by atoms with Crippen molar-refractivity contribution >= 4 is 21.4 Å². The van der Waals surface area contributed by atoms with E-state index in [4.69, 9.17) is 9.47 Å². The number of nitrogens with one attached hydrogen (secondary N) is 1. The first-order valence-electron chi connectivity index (χ1n) is 7.42. The molecule has 4 heteroatoms. The van der Waals surface area contributed by atoms with Gasteiger partial charge in [-0.15, -0.1) is 11.3 Å². The Morgan fingerprint density at radius 2 is 1.95 bits per heavy atom. The molecule has 3 nitrogen and oxygen atoms in total. The maximum absolute atomic E-state index is 5.74. The zero-order chi connectivity index (χ0) is 13.5. The van der Waals surface area contributed by atoms with Crippen molar-refractivity contribution in [1.82, 2.24) is 5.32 Å². The van der Waals surface area contributed by atoms with Crippen LogP contribution in [-0.2, 0) is 6.54 Å². The molecule has 1 N–H and O–H groups in total. The fourth-order valence-corrected chi connectivity index (χ4v) is 4.16. The monoisotopic (exact) mass is 289 g/mol. The van der Waals surface area contributed by atoms with Gasteiger partial charge in [-0.2, -0.15) is 0 Å². The Kier molecular flexibility index (Phi) is 3.08. The summed E-state index contributed by atoms with van der Waals surface area (Å²) in [5.74, 6) is 2.58. The van der Waals surface area contributed by atoms with Crippen molar-refractivity contribution in [2.24, 2.45) is 0 Å². The van der Waals surface area contributed by atoms with E-state index < -0.39 is 0 Å². The zero-order valence-corrected chi connectivity index (χ0v) is 12.5. The highest BCUT2D eigenvalue weighted by Gasteiger charge is 2.30. The minimum absolute atomic E-state index is 0.656. The minimum atomic E-state index is 0.656. The molecule has 0 unspecified atom stereocenters. The van der Waals surface area contributed by atoms with E-state index in [1.54, 1.807) is 5.56 Å². The molecule has 0 radical (unpaired) electrons. The van der Waals surface area contributed by atoms with Crippen LogP contribution in [0.1, 0.15) is 36.1 Å². The van der Waals surface area contributed by atoms with Crippen LogP contribution in [0.4, 0.5) is 0 Å². The molecule has 0 amide bonds. The molecule has 0 atom stereocenters. The predicted octanol–water partition coefficient (Wildman–Crippen LogP) is 3.66. The fourth-order valence-electron chi connectivity index (χ4n) is 2.89. The number of fused-ring (bicyclic) bond motifs is 2. The SMILES string of the molecule is CCNCc1sc2cc3c(cc2c1C1CC1)OCCO3. The second kappa shape index (κ2) is 4.93. The Morgan fingerprint density at radius 1 is 1.20 bits per heavy atom. The Balaban J connectivity index is 1.84. The van der Waals surface area contributed by atoms with E-state index in [2.05, 4.69) is 24.4 Å². The summed E-state index contributed by atoms with van der Waals surface area (Å²) < 4.78 is 12.8. The van der Waals surface area contributed by atoms with E-state index in [1.807, 2.05) is 11.3 Å². The summed E-state index contributed by atoms with van der Waals surface area (Å²) >= 11 is 1.91. The maximum atomic E-state index is 5.74. The Hall–Kier alpha value is -1.26. The molecule has 106 valence electrons. The molecule has 20 heavy (non-hydrogen) atoms. The van der Waals surface area contributed by atoms with Crippen LogP contribution in [0.5, 0.6) is 11.5 Å². The van der Waals surface area contributed by atoms with Crippen molar-refractivity contribution in [3.8, 4) is 11.5 Å². The van der Waals surface area contributed by atoms with Crippen molar-refractivity contribution in [1.29, 1.82) is 0 Å². The number of thiophene rings is 1. The minimum Gasteiger partial charge on any atom is -0.486 e. The van der Waals surface area contributed by atoms with Crippen molar-refractivity contribution in [2.75, 3.05) is 19.8 Å². The molecular weight excluding hydrogens is 270 g/mol. The number of rotatable bonds is 4. The summed E-state index contributed by atoms with van der Waals surface area (Å²) in [6, 6.07) is 4.36. The normalized spacial score (nSPS) is 17.6. The van der Waals surface area contributed by atoms with E-state index >= 15 is 0 Å². The van der Waals surface area contributed by atoms with E-state index in [0.29, 0.717) is 13.2 Å². The summed E-state index contributed by atoms with van der Waals surface area (Å²) in [5, 5.41) is 4.85. The largest absolute Gasteiger partial charge is 0.486 e. The van der Waals surface area contributed by atoms with Crippen LogP contribution in [0.2, 0.25) is 0 Å². The molecule has 2 aromatic rings. The summed E-state index contributed by atoms with van der Waals surface area (Å²) in [6.07, 6.45) is 2.67. The lowest BCUT2D eigenvalue weighted by Crippen LogP contribution is -2.15. The van der Waals surface area contributed by atoms with E-state index in [9.17, 15) is 0 Å². The topological polar surface area (TPSA) is 30.5 Å². The highest BCUT2D eigenvalue weighted by Crippen LogP contribution is 2.50. The lowest BCUT2D eigenvalue weighted by atomic mass is 10.1. The first kappa shape index (κ1) is 12.5. The molecule has 1 aromatic heterocycles. The first-order valence-corrected chi connectivity index (χ1v) is 8.24. The molecule has 0 saturated heterocycles. The maximum Gasteiger partial charge on any atom is 0.162 e. The summed E-state index contributed by atoms with van der Waals surface area (Å²) in [7, 11) is 0. The van der Waals surface area contributed by atoms with Crippen LogP contribution in [0.25, 0.3) is 10.1 Å². The van der Waals surface area contributed by atoms with Crippen LogP contribution < -0.4 is 14.8 Å². The second-order valence-corrected chi connectivity index (χ2v) is 6.62. The van der Waals surface area contributed by atoms with Gasteiger partial charge in [0.1, 0.15) is 13.2 Å². The van der Waals surface area contributed by atoms with Gasteiger partial charge >= 0.3 is 0 Å². The third kappa shape index (κ3) is 2.07. The van der Waals surface area contributed by atoms with E-state index in [1.165, 1.54) is 27.8 Å². The molecule has 2 aliphatic rings. The predicted molar refractivity (Wildman–Crippen MR) is 82.2 cm³/mol. The molecular formula is C16H19NO2S. The van der Waals surface area contributed by atoms with Gasteiger partial charge in [-0.25, -0.2) is 0 Å². The van der Waals surface area contributed by atoms with Gasteiger partial charge in [0.25, 0.3) is 0 Å². The van der Waals surface area contributed by atoms with Gasteiger partial charge in [-0.1, -0.05) is 6.92 Å². The quantitative estimate of drug-likeness (QED) is 0.931. The van der Waals surface area contributed by atoms with Crippen LogP contribution in [0.15, 0.2) is 12.1 Å². The van der Waals surface area contributed by atoms with Crippen molar-refractivity contribution in [3.63, 3.8) is 0 Å². The van der Waals surface area contributed by atoms with Crippen molar-refractivity contribution in [2.45, 2.75) is 32.2 Å². The van der Waals surface area contributed by atoms with Gasteiger partial charge in [0, 0.05) is 27.6 Å². The smallest absolute Gasteiger partial charge is 0.162 e. The summed E-state index contributed by atoms with van der Waals surface area (Å²) in [5.41, 5.74) is 1.56. The van der Waals surface area contributed by atoms with Crippen LogP contribution in [-0.4, -0.2) is 19.8 Å². The fraction of sp³-hybridized carbons (Fsp3) is 0.500. The number of ether oxygens (including phenoxy) is 2. The average molecular weight is 289 g/mol. The lowest BCUT2D eigenvalue weighted by Gasteiger charge is -2.18. The first-order chi connectivity index (χ1) is 9.86. The molecule has 0 bridgehead atoms. The second-order valence-electron chi connectivity index (χ2n) is 5.49. The third-order valence-electron chi connectivity index (χ3n) is 3.99. The lowest BCUT2D eigenvalue weighted by molar-refractivity contribution is 0.172. The Bertz CT molecular complexity index is 645. The van der Waals surface area contributed by atoms with Gasteiger partial charge in [0.15, 0.2) is 11.5 Å².